The highest BCUT2D eigenvalue weighted by molar-refractivity contribution is 6.30. The maximum absolute atomic E-state index is 15.7. The van der Waals surface area contributed by atoms with Crippen molar-refractivity contribution in [3.8, 4) is 11.1 Å². The number of rotatable bonds is 12. The van der Waals surface area contributed by atoms with Crippen LogP contribution >= 0.6 is 11.6 Å². The summed E-state index contributed by atoms with van der Waals surface area (Å²) in [7, 11) is 3.93. The third-order valence-corrected chi connectivity index (χ3v) is 7.92. The third kappa shape index (κ3) is 8.54. The van der Waals surface area contributed by atoms with Crippen molar-refractivity contribution in [3.05, 3.63) is 91.1 Å². The molecule has 2 atom stereocenters. The van der Waals surface area contributed by atoms with E-state index in [9.17, 15) is 19.5 Å². The van der Waals surface area contributed by atoms with Gasteiger partial charge in [-0.2, -0.15) is 0 Å². The van der Waals surface area contributed by atoms with E-state index < -0.39 is 36.2 Å². The largest absolute Gasteiger partial charge is 0.481 e. The molecule has 2 N–H and O–H groups in total. The number of amides is 1. The maximum atomic E-state index is 15.7. The van der Waals surface area contributed by atoms with E-state index >= 15 is 4.39 Å². The van der Waals surface area contributed by atoms with Gasteiger partial charge in [-0.15, -0.1) is 0 Å². The summed E-state index contributed by atoms with van der Waals surface area (Å²) in [6.07, 6.45) is 2.23. The number of hydrogen-bond donors (Lipinski definition) is 2. The van der Waals surface area contributed by atoms with Crippen molar-refractivity contribution in [3.63, 3.8) is 0 Å². The molecule has 7 nitrogen and oxygen atoms in total. The highest BCUT2D eigenvalue weighted by atomic mass is 35.5. The predicted octanol–water partition coefficient (Wildman–Crippen LogP) is 6.56. The first-order valence-corrected chi connectivity index (χ1v) is 14.9. The van der Waals surface area contributed by atoms with E-state index in [2.05, 4.69) is 5.32 Å². The molecule has 1 aromatic heterocycles. The minimum atomic E-state index is -1.19. The van der Waals surface area contributed by atoms with Gasteiger partial charge in [-0.05, 0) is 124 Å². The molecular weight excluding hydrogens is 569 g/mol. The molecule has 3 aromatic rings. The molecule has 0 aliphatic heterocycles. The number of carboxylic acids is 1. The van der Waals surface area contributed by atoms with Crippen molar-refractivity contribution in [2.45, 2.75) is 72.9 Å². The van der Waals surface area contributed by atoms with Gasteiger partial charge in [0.1, 0.15) is 11.9 Å². The number of nitrogens with zero attached hydrogens (tertiary/aromatic N) is 2. The van der Waals surface area contributed by atoms with Crippen LogP contribution in [0.1, 0.15) is 72.2 Å². The van der Waals surface area contributed by atoms with Gasteiger partial charge in [0.15, 0.2) is 0 Å². The molecule has 0 saturated heterocycles. The number of likely N-dealkylation sites (N-methyl/N-ethyl adjacent to an activating group) is 1. The van der Waals surface area contributed by atoms with Gasteiger partial charge in [-0.3, -0.25) is 14.4 Å². The normalized spacial score (nSPS) is 12.9. The molecule has 2 unspecified atom stereocenters. The number of hydrogen-bond acceptors (Lipinski definition) is 4. The Bertz CT molecular complexity index is 1540. The molecule has 232 valence electrons. The highest BCUT2D eigenvalue weighted by Gasteiger charge is 2.29. The highest BCUT2D eigenvalue weighted by Crippen LogP contribution is 2.35. The number of nitrogens with one attached hydrogen (secondary N) is 1. The minimum absolute atomic E-state index is 0.0465. The Morgan fingerprint density at radius 2 is 1.63 bits per heavy atom. The number of halogens is 2. The van der Waals surface area contributed by atoms with Crippen LogP contribution < -0.4 is 10.9 Å². The number of benzene rings is 2. The Morgan fingerprint density at radius 1 is 1.00 bits per heavy atom. The summed E-state index contributed by atoms with van der Waals surface area (Å²) < 4.78 is 17.2. The van der Waals surface area contributed by atoms with Gasteiger partial charge in [0.25, 0.3) is 5.56 Å². The van der Waals surface area contributed by atoms with Crippen LogP contribution in [0.4, 0.5) is 4.39 Å². The lowest BCUT2D eigenvalue weighted by Crippen LogP contribution is -2.40. The SMILES string of the molecule is Cc1cc(=O)n(C(CC(C)C)C(=O)NC(CC(=O)O)c2cc(-c3c(C)cc(Cl)cc3C)cc(C)c2F)cc1CCN(C)C. The van der Waals surface area contributed by atoms with E-state index in [0.717, 1.165) is 34.4 Å². The molecule has 0 spiro atoms. The van der Waals surface area contributed by atoms with Crippen LogP contribution in [0.3, 0.4) is 0 Å². The van der Waals surface area contributed by atoms with Crippen molar-refractivity contribution in [2.24, 2.45) is 5.92 Å². The van der Waals surface area contributed by atoms with Crippen LogP contribution in [0.15, 0.2) is 41.3 Å². The van der Waals surface area contributed by atoms with Gasteiger partial charge in [0.05, 0.1) is 12.5 Å². The van der Waals surface area contributed by atoms with Crippen LogP contribution in [0.25, 0.3) is 11.1 Å². The molecule has 2 aromatic carbocycles. The Kier molecular flexibility index (Phi) is 11.3. The third-order valence-electron chi connectivity index (χ3n) is 7.70. The second-order valence-electron chi connectivity index (χ2n) is 12.2. The smallest absolute Gasteiger partial charge is 0.305 e. The molecule has 1 amide bonds. The van der Waals surface area contributed by atoms with Gasteiger partial charge in [0, 0.05) is 29.4 Å². The lowest BCUT2D eigenvalue weighted by Gasteiger charge is -2.26. The van der Waals surface area contributed by atoms with Gasteiger partial charge in [0.2, 0.25) is 5.91 Å². The fourth-order valence-electron chi connectivity index (χ4n) is 5.57. The summed E-state index contributed by atoms with van der Waals surface area (Å²) in [4.78, 5) is 41.2. The first-order chi connectivity index (χ1) is 20.1. The van der Waals surface area contributed by atoms with Gasteiger partial charge in [-0.25, -0.2) is 4.39 Å². The number of aromatic nitrogens is 1. The molecule has 0 radical (unpaired) electrons. The quantitative estimate of drug-likeness (QED) is 0.242. The maximum Gasteiger partial charge on any atom is 0.305 e. The van der Waals surface area contributed by atoms with E-state index in [4.69, 9.17) is 11.6 Å². The summed E-state index contributed by atoms with van der Waals surface area (Å²) in [5.74, 6) is -2.26. The fraction of sp³-hybridized carbons (Fsp3) is 0.441. The Labute approximate surface area is 258 Å². The van der Waals surface area contributed by atoms with Crippen LogP contribution in [-0.4, -0.2) is 47.1 Å². The fourth-order valence-corrected chi connectivity index (χ4v) is 5.90. The second-order valence-corrected chi connectivity index (χ2v) is 12.6. The van der Waals surface area contributed by atoms with Crippen molar-refractivity contribution < 1.29 is 19.1 Å². The molecule has 0 aliphatic rings. The molecule has 0 bridgehead atoms. The lowest BCUT2D eigenvalue weighted by atomic mass is 9.90. The molecular formula is C34H43ClFN3O4. The second kappa shape index (κ2) is 14.3. The summed E-state index contributed by atoms with van der Waals surface area (Å²) in [6.45, 7) is 12.0. The lowest BCUT2D eigenvalue weighted by molar-refractivity contribution is -0.138. The Hall–Kier alpha value is -3.49. The Balaban J connectivity index is 2.10. The average Bonchev–Trinajstić information content (AvgIpc) is 2.87. The monoisotopic (exact) mass is 611 g/mol. The number of aliphatic carboxylic acids is 1. The zero-order valence-electron chi connectivity index (χ0n) is 26.3. The molecule has 43 heavy (non-hydrogen) atoms. The molecule has 0 aliphatic carbocycles. The van der Waals surface area contributed by atoms with E-state index in [-0.39, 0.29) is 17.0 Å². The van der Waals surface area contributed by atoms with Crippen molar-refractivity contribution in [2.75, 3.05) is 20.6 Å². The van der Waals surface area contributed by atoms with E-state index in [1.165, 1.54) is 10.6 Å². The van der Waals surface area contributed by atoms with Crippen LogP contribution in [0.5, 0.6) is 0 Å². The molecule has 0 saturated carbocycles. The summed E-state index contributed by atoms with van der Waals surface area (Å²) in [6, 6.07) is 6.42. The predicted molar refractivity (Wildman–Crippen MR) is 170 cm³/mol. The topological polar surface area (TPSA) is 91.6 Å². The van der Waals surface area contributed by atoms with Gasteiger partial charge in [-0.1, -0.05) is 25.4 Å². The van der Waals surface area contributed by atoms with Crippen LogP contribution in [0.2, 0.25) is 5.02 Å². The van der Waals surface area contributed by atoms with Crippen LogP contribution in [0, 0.1) is 39.4 Å². The van der Waals surface area contributed by atoms with Crippen molar-refractivity contribution in [1.82, 2.24) is 14.8 Å². The van der Waals surface area contributed by atoms with E-state index in [1.807, 2.05) is 65.7 Å². The minimum Gasteiger partial charge on any atom is -0.481 e. The van der Waals surface area contributed by atoms with Crippen molar-refractivity contribution >= 4 is 23.5 Å². The molecule has 0 fully saturated rings. The zero-order valence-corrected chi connectivity index (χ0v) is 27.1. The van der Waals surface area contributed by atoms with E-state index in [1.54, 1.807) is 25.3 Å². The molecule has 3 rings (SSSR count). The Morgan fingerprint density at radius 3 is 2.19 bits per heavy atom. The number of carboxylic acid groups (broad SMARTS) is 1. The first kappa shape index (κ1) is 34.0. The van der Waals surface area contributed by atoms with E-state index in [0.29, 0.717) is 29.0 Å². The summed E-state index contributed by atoms with van der Waals surface area (Å²) in [5, 5.41) is 13.2. The number of carbonyl (C=O) groups excluding carboxylic acids is 1. The number of pyridine rings is 1. The number of aryl methyl sites for hydroxylation is 4. The summed E-state index contributed by atoms with van der Waals surface area (Å²) >= 11 is 6.24. The summed E-state index contributed by atoms with van der Waals surface area (Å²) in [5.41, 5.74) is 5.21. The molecule has 9 heteroatoms. The van der Waals surface area contributed by atoms with Crippen molar-refractivity contribution in [1.29, 1.82) is 0 Å². The van der Waals surface area contributed by atoms with Gasteiger partial charge >= 0.3 is 5.97 Å². The molecule has 1 heterocycles. The van der Waals surface area contributed by atoms with Gasteiger partial charge < -0.3 is 19.9 Å². The number of carbonyl (C=O) groups is 2. The zero-order chi connectivity index (χ0) is 32.2. The first-order valence-electron chi connectivity index (χ1n) is 14.5. The van der Waals surface area contributed by atoms with Crippen LogP contribution in [-0.2, 0) is 16.0 Å². The standard InChI is InChI=1S/C34H43ClFN3O4/c1-19(2)11-29(39-18-24(9-10-38(7)8)20(3)15-30(39)40)34(43)37-28(17-31(41)42)27-16-25(12-23(6)33(27)36)32-21(4)13-26(35)14-22(32)5/h12-16,18-19,28-29H,9-11,17H2,1-8H3,(H,37,43)(H,41,42). The average molecular weight is 612 g/mol.